The second kappa shape index (κ2) is 5.48. The molecule has 2 aromatic heterocycles. The van der Waals surface area contributed by atoms with Crippen molar-refractivity contribution in [1.29, 1.82) is 0 Å². The van der Waals surface area contributed by atoms with Crippen LogP contribution in [0.25, 0.3) is 22.2 Å². The smallest absolute Gasteiger partial charge is 0.339 e. The molecule has 0 aliphatic heterocycles. The minimum Gasteiger partial charge on any atom is -0.507 e. The summed E-state index contributed by atoms with van der Waals surface area (Å²) < 4.78 is 5.45. The first kappa shape index (κ1) is 14.9. The number of rotatable bonds is 2. The van der Waals surface area contributed by atoms with E-state index in [4.69, 9.17) is 4.42 Å². The zero-order valence-corrected chi connectivity index (χ0v) is 13.6. The van der Waals surface area contributed by atoms with Crippen molar-refractivity contribution in [3.05, 3.63) is 33.8 Å². The Bertz CT molecular complexity index is 1030. The lowest BCUT2D eigenvalue weighted by atomic mass is 10.0. The average molecular weight is 343 g/mol. The van der Waals surface area contributed by atoms with E-state index < -0.39 is 5.63 Å². The van der Waals surface area contributed by atoms with Crippen LogP contribution in [0.1, 0.15) is 17.5 Å². The number of nitrogens with zero attached hydrogens (tertiary/aromatic N) is 3. The molecule has 1 aliphatic rings. The lowest BCUT2D eigenvalue weighted by Gasteiger charge is -2.12. The highest BCUT2D eigenvalue weighted by Gasteiger charge is 2.26. The molecule has 0 amide bonds. The van der Waals surface area contributed by atoms with Crippen LogP contribution in [-0.2, 0) is 12.8 Å². The fourth-order valence-corrected chi connectivity index (χ4v) is 3.48. The van der Waals surface area contributed by atoms with Crippen LogP contribution in [0.15, 0.2) is 26.6 Å². The van der Waals surface area contributed by atoms with Crippen LogP contribution in [-0.4, -0.2) is 31.7 Å². The monoisotopic (exact) mass is 343 g/mol. The number of fused-ring (bicyclic) bond motifs is 3. The highest BCUT2D eigenvalue weighted by Crippen LogP contribution is 2.43. The number of thioether (sulfide) groups is 1. The van der Waals surface area contributed by atoms with E-state index in [1.165, 1.54) is 24.0 Å². The summed E-state index contributed by atoms with van der Waals surface area (Å²) >= 11 is 1.31. The highest BCUT2D eigenvalue weighted by molar-refractivity contribution is 7.98. The molecule has 0 saturated heterocycles. The van der Waals surface area contributed by atoms with Gasteiger partial charge in [-0.3, -0.25) is 0 Å². The SMILES string of the molecule is CSc1nncc(-c2c(O)cc(O)c3c4c(c(=O)oc23)CCC4)n1. The predicted molar refractivity (Wildman–Crippen MR) is 88.4 cm³/mol. The van der Waals surface area contributed by atoms with Crippen molar-refractivity contribution in [2.45, 2.75) is 24.4 Å². The van der Waals surface area contributed by atoms with Crippen molar-refractivity contribution in [2.75, 3.05) is 6.26 Å². The van der Waals surface area contributed by atoms with Gasteiger partial charge in [-0.15, -0.1) is 5.10 Å². The Morgan fingerprint density at radius 1 is 1.21 bits per heavy atom. The van der Waals surface area contributed by atoms with Gasteiger partial charge in [0.05, 0.1) is 17.1 Å². The number of phenolic OH excluding ortho intramolecular Hbond substituents is 2. The number of aromatic hydroxyl groups is 2. The number of hydrogen-bond acceptors (Lipinski definition) is 8. The van der Waals surface area contributed by atoms with Gasteiger partial charge in [0.15, 0.2) is 5.58 Å². The molecule has 4 rings (SSSR count). The molecule has 2 heterocycles. The van der Waals surface area contributed by atoms with Gasteiger partial charge >= 0.3 is 5.63 Å². The van der Waals surface area contributed by atoms with Crippen LogP contribution in [0.5, 0.6) is 11.5 Å². The average Bonchev–Trinajstić information content (AvgIpc) is 3.05. The Balaban J connectivity index is 2.13. The van der Waals surface area contributed by atoms with E-state index >= 15 is 0 Å². The third-order valence-corrected chi connectivity index (χ3v) is 4.72. The van der Waals surface area contributed by atoms with Gasteiger partial charge in [0.1, 0.15) is 17.2 Å². The van der Waals surface area contributed by atoms with Crippen molar-refractivity contribution in [3.8, 4) is 22.8 Å². The fourth-order valence-electron chi connectivity index (χ4n) is 3.17. The Hall–Kier alpha value is -2.61. The quantitative estimate of drug-likeness (QED) is 0.539. The Morgan fingerprint density at radius 2 is 2.00 bits per heavy atom. The summed E-state index contributed by atoms with van der Waals surface area (Å²) in [5.41, 5.74) is 1.64. The van der Waals surface area contributed by atoms with Crippen LogP contribution in [0.4, 0.5) is 0 Å². The Kier molecular flexibility index (Phi) is 3.42. The van der Waals surface area contributed by atoms with Crippen molar-refractivity contribution in [1.82, 2.24) is 15.2 Å². The summed E-state index contributed by atoms with van der Waals surface area (Å²) in [4.78, 5) is 16.6. The van der Waals surface area contributed by atoms with Crippen molar-refractivity contribution < 1.29 is 14.6 Å². The molecule has 0 bridgehead atoms. The van der Waals surface area contributed by atoms with E-state index in [1.807, 2.05) is 6.26 Å². The van der Waals surface area contributed by atoms with Crippen LogP contribution in [0.2, 0.25) is 0 Å². The molecule has 122 valence electrons. The first-order valence-corrected chi connectivity index (χ1v) is 8.60. The minimum absolute atomic E-state index is 0.111. The summed E-state index contributed by atoms with van der Waals surface area (Å²) in [6.07, 6.45) is 5.35. The highest BCUT2D eigenvalue weighted by atomic mass is 32.2. The Morgan fingerprint density at radius 3 is 2.79 bits per heavy atom. The number of aryl methyl sites for hydroxylation is 1. The zero-order chi connectivity index (χ0) is 16.8. The maximum atomic E-state index is 12.3. The molecule has 2 N–H and O–H groups in total. The summed E-state index contributed by atoms with van der Waals surface area (Å²) in [6.45, 7) is 0. The first-order chi connectivity index (χ1) is 11.6. The van der Waals surface area contributed by atoms with Crippen molar-refractivity contribution in [3.63, 3.8) is 0 Å². The van der Waals surface area contributed by atoms with E-state index in [0.717, 1.165) is 12.0 Å². The normalized spacial score (nSPS) is 13.4. The van der Waals surface area contributed by atoms with Gasteiger partial charge in [0, 0.05) is 11.6 Å². The summed E-state index contributed by atoms with van der Waals surface area (Å²) in [5.74, 6) is -0.339. The third kappa shape index (κ3) is 2.14. The molecule has 0 radical (unpaired) electrons. The van der Waals surface area contributed by atoms with Crippen LogP contribution in [0, 0.1) is 0 Å². The topological polar surface area (TPSA) is 109 Å². The van der Waals surface area contributed by atoms with E-state index in [0.29, 0.717) is 34.6 Å². The van der Waals surface area contributed by atoms with Gasteiger partial charge in [0.25, 0.3) is 0 Å². The van der Waals surface area contributed by atoms with Crippen LogP contribution < -0.4 is 5.63 Å². The lowest BCUT2D eigenvalue weighted by molar-refractivity contribution is 0.452. The van der Waals surface area contributed by atoms with Crippen LogP contribution in [0.3, 0.4) is 0 Å². The third-order valence-electron chi connectivity index (χ3n) is 4.18. The molecule has 0 fully saturated rings. The lowest BCUT2D eigenvalue weighted by Crippen LogP contribution is -2.07. The molecule has 7 nitrogen and oxygen atoms in total. The van der Waals surface area contributed by atoms with Gasteiger partial charge in [-0.1, -0.05) is 11.8 Å². The molecule has 3 aromatic rings. The Labute approximate surface area is 140 Å². The van der Waals surface area contributed by atoms with Crippen LogP contribution >= 0.6 is 11.8 Å². The second-order valence-electron chi connectivity index (χ2n) is 5.52. The molecule has 1 aromatic carbocycles. The van der Waals surface area contributed by atoms with Gasteiger partial charge in [-0.05, 0) is 31.1 Å². The molecular formula is C16H13N3O4S. The van der Waals surface area contributed by atoms with Gasteiger partial charge in [-0.2, -0.15) is 5.10 Å². The van der Waals surface area contributed by atoms with E-state index in [1.54, 1.807) is 0 Å². The molecule has 0 atom stereocenters. The zero-order valence-electron chi connectivity index (χ0n) is 12.7. The number of phenols is 2. The molecular weight excluding hydrogens is 330 g/mol. The molecule has 1 aliphatic carbocycles. The van der Waals surface area contributed by atoms with Gasteiger partial charge in [-0.25, -0.2) is 9.78 Å². The van der Waals surface area contributed by atoms with E-state index in [-0.39, 0.29) is 22.6 Å². The number of hydrogen-bond donors (Lipinski definition) is 2. The molecule has 0 unspecified atom stereocenters. The minimum atomic E-state index is -0.437. The van der Waals surface area contributed by atoms with Gasteiger partial charge in [0.2, 0.25) is 5.16 Å². The number of benzene rings is 1. The van der Waals surface area contributed by atoms with Gasteiger partial charge < -0.3 is 14.6 Å². The first-order valence-electron chi connectivity index (χ1n) is 7.37. The van der Waals surface area contributed by atoms with Crippen molar-refractivity contribution >= 4 is 22.7 Å². The molecule has 8 heteroatoms. The summed E-state index contributed by atoms with van der Waals surface area (Å²) in [5, 5.41) is 29.3. The summed E-state index contributed by atoms with van der Waals surface area (Å²) in [7, 11) is 0. The largest absolute Gasteiger partial charge is 0.507 e. The molecule has 0 saturated carbocycles. The summed E-state index contributed by atoms with van der Waals surface area (Å²) in [6, 6.07) is 1.25. The van der Waals surface area contributed by atoms with E-state index in [9.17, 15) is 15.0 Å². The number of aromatic nitrogens is 3. The predicted octanol–water partition coefficient (Wildman–Crippen LogP) is 2.27. The van der Waals surface area contributed by atoms with E-state index in [2.05, 4.69) is 15.2 Å². The standard InChI is InChI=1S/C16H13N3O4S/c1-24-16-18-9(6-17-19-16)13-11(21)5-10(20)12-7-3-2-4-8(7)15(22)23-14(12)13/h5-6,20-21H,2-4H2,1H3. The molecule has 0 spiro atoms. The fraction of sp³-hybridized carbons (Fsp3) is 0.250. The maximum Gasteiger partial charge on any atom is 0.339 e. The van der Waals surface area contributed by atoms with Crippen molar-refractivity contribution in [2.24, 2.45) is 0 Å². The second-order valence-corrected chi connectivity index (χ2v) is 6.30. The molecule has 24 heavy (non-hydrogen) atoms. The maximum absolute atomic E-state index is 12.3.